The summed E-state index contributed by atoms with van der Waals surface area (Å²) in [6.45, 7) is 3.63. The molecule has 1 heterocycles. The van der Waals surface area contributed by atoms with Crippen LogP contribution in [0.2, 0.25) is 0 Å². The van der Waals surface area contributed by atoms with E-state index < -0.39 is 0 Å². The first-order valence-corrected chi connectivity index (χ1v) is 4.97. The monoisotopic (exact) mass is 221 g/mol. The van der Waals surface area contributed by atoms with E-state index in [9.17, 15) is 4.39 Å². The molecule has 1 aromatic carbocycles. The Balaban J connectivity index is 2.11. The lowest BCUT2D eigenvalue weighted by Crippen LogP contribution is -2.07. The second kappa shape index (κ2) is 4.30. The van der Waals surface area contributed by atoms with E-state index in [4.69, 9.17) is 4.52 Å². The quantitative estimate of drug-likeness (QED) is 0.865. The van der Waals surface area contributed by atoms with Crippen LogP contribution in [0.3, 0.4) is 0 Å². The van der Waals surface area contributed by atoms with Crippen LogP contribution in [0.5, 0.6) is 0 Å². The Hall–Kier alpha value is -1.91. The molecule has 0 aliphatic heterocycles. The molecule has 0 spiro atoms. The van der Waals surface area contributed by atoms with Crippen LogP contribution in [0.15, 0.2) is 28.8 Å². The average Bonchev–Trinajstić information content (AvgIpc) is 2.64. The Labute approximate surface area is 92.5 Å². The first kappa shape index (κ1) is 10.6. The molecule has 4 nitrogen and oxygen atoms in total. The molecular weight excluding hydrogens is 209 g/mol. The topological polar surface area (TPSA) is 51.0 Å². The van der Waals surface area contributed by atoms with Crippen molar-refractivity contribution in [3.63, 3.8) is 0 Å². The second-order valence-electron chi connectivity index (χ2n) is 3.57. The SMILES string of the molecule is Cc1noc(NC(C)c2cccc(F)c2)n1. The first-order valence-electron chi connectivity index (χ1n) is 4.97. The smallest absolute Gasteiger partial charge is 0.321 e. The number of hydrogen-bond acceptors (Lipinski definition) is 4. The van der Waals surface area contributed by atoms with Gasteiger partial charge in [-0.15, -0.1) is 0 Å². The van der Waals surface area contributed by atoms with Gasteiger partial charge < -0.3 is 9.84 Å². The molecule has 1 N–H and O–H groups in total. The number of nitrogens with zero attached hydrogens (tertiary/aromatic N) is 2. The normalized spacial score (nSPS) is 12.4. The third kappa shape index (κ3) is 2.36. The summed E-state index contributed by atoms with van der Waals surface area (Å²) in [6.07, 6.45) is 0. The van der Waals surface area contributed by atoms with Gasteiger partial charge in [0.05, 0.1) is 6.04 Å². The first-order chi connectivity index (χ1) is 7.65. The summed E-state index contributed by atoms with van der Waals surface area (Å²) in [6, 6.07) is 6.64. The summed E-state index contributed by atoms with van der Waals surface area (Å²) >= 11 is 0. The third-order valence-corrected chi connectivity index (χ3v) is 2.22. The molecule has 84 valence electrons. The minimum absolute atomic E-state index is 0.0875. The molecule has 0 radical (unpaired) electrons. The molecule has 1 aromatic heterocycles. The number of nitrogens with one attached hydrogen (secondary N) is 1. The van der Waals surface area contributed by atoms with Gasteiger partial charge in [0.25, 0.3) is 0 Å². The van der Waals surface area contributed by atoms with E-state index in [2.05, 4.69) is 15.5 Å². The maximum Gasteiger partial charge on any atom is 0.321 e. The van der Waals surface area contributed by atoms with Gasteiger partial charge in [0.15, 0.2) is 5.82 Å². The molecule has 5 heteroatoms. The largest absolute Gasteiger partial charge is 0.331 e. The number of benzene rings is 1. The van der Waals surface area contributed by atoms with Gasteiger partial charge in [-0.25, -0.2) is 4.39 Å². The van der Waals surface area contributed by atoms with Gasteiger partial charge in [0.2, 0.25) is 0 Å². The highest BCUT2D eigenvalue weighted by Crippen LogP contribution is 2.18. The van der Waals surface area contributed by atoms with Crippen LogP contribution < -0.4 is 5.32 Å². The summed E-state index contributed by atoms with van der Waals surface area (Å²) in [7, 11) is 0. The summed E-state index contributed by atoms with van der Waals surface area (Å²) in [4.78, 5) is 4.02. The molecule has 1 atom stereocenters. The van der Waals surface area contributed by atoms with Gasteiger partial charge in [-0.05, 0) is 31.5 Å². The molecule has 0 amide bonds. The lowest BCUT2D eigenvalue weighted by Gasteiger charge is -2.11. The lowest BCUT2D eigenvalue weighted by molar-refractivity contribution is 0.422. The second-order valence-corrected chi connectivity index (χ2v) is 3.57. The number of hydrogen-bond donors (Lipinski definition) is 1. The minimum Gasteiger partial charge on any atom is -0.331 e. The predicted molar refractivity (Wildman–Crippen MR) is 57.5 cm³/mol. The summed E-state index contributed by atoms with van der Waals surface area (Å²) in [5.41, 5.74) is 0.829. The molecule has 0 fully saturated rings. The van der Waals surface area contributed by atoms with Crippen LogP contribution in [0.25, 0.3) is 0 Å². The standard InChI is InChI=1S/C11H12FN3O/c1-7(9-4-3-5-10(12)6-9)13-11-14-8(2)15-16-11/h3-7H,1-2H3,(H,13,14,15). The van der Waals surface area contributed by atoms with Crippen LogP contribution in [0.1, 0.15) is 24.4 Å². The Morgan fingerprint density at radius 1 is 1.44 bits per heavy atom. The van der Waals surface area contributed by atoms with E-state index in [1.807, 2.05) is 13.0 Å². The zero-order valence-electron chi connectivity index (χ0n) is 9.07. The molecule has 0 saturated carbocycles. The van der Waals surface area contributed by atoms with Crippen LogP contribution in [-0.2, 0) is 0 Å². The van der Waals surface area contributed by atoms with Crippen molar-refractivity contribution in [3.8, 4) is 0 Å². The van der Waals surface area contributed by atoms with Gasteiger partial charge in [0.1, 0.15) is 5.82 Å². The number of anilines is 1. The Kier molecular flexibility index (Phi) is 2.85. The van der Waals surface area contributed by atoms with E-state index in [1.165, 1.54) is 12.1 Å². The van der Waals surface area contributed by atoms with Crippen molar-refractivity contribution in [1.82, 2.24) is 10.1 Å². The zero-order chi connectivity index (χ0) is 11.5. The van der Waals surface area contributed by atoms with Crippen molar-refractivity contribution in [3.05, 3.63) is 41.5 Å². The molecule has 0 bridgehead atoms. The van der Waals surface area contributed by atoms with Gasteiger partial charge >= 0.3 is 6.01 Å². The van der Waals surface area contributed by atoms with Crippen molar-refractivity contribution in [2.75, 3.05) is 5.32 Å². The van der Waals surface area contributed by atoms with Crippen LogP contribution in [0, 0.1) is 12.7 Å². The summed E-state index contributed by atoms with van der Waals surface area (Å²) in [5, 5.41) is 6.66. The number of halogens is 1. The van der Waals surface area contributed by atoms with Crippen molar-refractivity contribution >= 4 is 6.01 Å². The molecule has 2 aromatic rings. The van der Waals surface area contributed by atoms with Crippen molar-refractivity contribution in [2.45, 2.75) is 19.9 Å². The summed E-state index contributed by atoms with van der Waals surface area (Å²) < 4.78 is 17.9. The van der Waals surface area contributed by atoms with Crippen LogP contribution >= 0.6 is 0 Å². The predicted octanol–water partition coefficient (Wildman–Crippen LogP) is 2.69. The van der Waals surface area contributed by atoms with Crippen LogP contribution in [0.4, 0.5) is 10.4 Å². The van der Waals surface area contributed by atoms with Crippen molar-refractivity contribution in [1.29, 1.82) is 0 Å². The fourth-order valence-electron chi connectivity index (χ4n) is 1.40. The third-order valence-electron chi connectivity index (χ3n) is 2.22. The molecular formula is C11H12FN3O. The van der Waals surface area contributed by atoms with Crippen molar-refractivity contribution in [2.24, 2.45) is 0 Å². The van der Waals surface area contributed by atoms with Gasteiger partial charge in [0, 0.05) is 0 Å². The van der Waals surface area contributed by atoms with E-state index in [0.717, 1.165) is 5.56 Å². The van der Waals surface area contributed by atoms with E-state index in [-0.39, 0.29) is 11.9 Å². The summed E-state index contributed by atoms with van der Waals surface area (Å²) in [5.74, 6) is 0.307. The maximum absolute atomic E-state index is 13.0. The van der Waals surface area contributed by atoms with Crippen LogP contribution in [-0.4, -0.2) is 10.1 Å². The van der Waals surface area contributed by atoms with E-state index >= 15 is 0 Å². The van der Waals surface area contributed by atoms with Gasteiger partial charge in [-0.3, -0.25) is 0 Å². The van der Waals surface area contributed by atoms with E-state index in [1.54, 1.807) is 13.0 Å². The Morgan fingerprint density at radius 2 is 2.25 bits per heavy atom. The highest BCUT2D eigenvalue weighted by atomic mass is 19.1. The minimum atomic E-state index is -0.257. The van der Waals surface area contributed by atoms with E-state index in [0.29, 0.717) is 11.8 Å². The van der Waals surface area contributed by atoms with Crippen molar-refractivity contribution < 1.29 is 8.91 Å². The molecule has 16 heavy (non-hydrogen) atoms. The Morgan fingerprint density at radius 3 is 2.88 bits per heavy atom. The number of rotatable bonds is 3. The molecule has 2 rings (SSSR count). The number of aromatic nitrogens is 2. The molecule has 0 aliphatic rings. The maximum atomic E-state index is 13.0. The molecule has 1 unspecified atom stereocenters. The van der Waals surface area contributed by atoms with Gasteiger partial charge in [-0.1, -0.05) is 17.3 Å². The zero-order valence-corrected chi connectivity index (χ0v) is 9.07. The average molecular weight is 221 g/mol. The lowest BCUT2D eigenvalue weighted by atomic mass is 10.1. The molecule has 0 aliphatic carbocycles. The van der Waals surface area contributed by atoms with Gasteiger partial charge in [-0.2, -0.15) is 4.98 Å². The fraction of sp³-hybridized carbons (Fsp3) is 0.273. The number of aryl methyl sites for hydroxylation is 1. The highest BCUT2D eigenvalue weighted by Gasteiger charge is 2.09. The highest BCUT2D eigenvalue weighted by molar-refractivity contribution is 5.28. The molecule has 0 saturated heterocycles. The Bertz CT molecular complexity index is 484. The fourth-order valence-corrected chi connectivity index (χ4v) is 1.40.